The van der Waals surface area contributed by atoms with Gasteiger partial charge in [0.1, 0.15) is 10.8 Å². The molecule has 1 aromatic heterocycles. The molecule has 0 fully saturated rings. The van der Waals surface area contributed by atoms with Crippen LogP contribution >= 0.6 is 47.0 Å². The number of nitrogens with zero attached hydrogens (tertiary/aromatic N) is 2. The molecule has 0 unspecified atom stereocenters. The van der Waals surface area contributed by atoms with Crippen LogP contribution in [0, 0.1) is 5.82 Å². The summed E-state index contributed by atoms with van der Waals surface area (Å²) in [4.78, 5) is 0. The van der Waals surface area contributed by atoms with Crippen LogP contribution < -0.4 is 10.6 Å². The molecule has 26 heavy (non-hydrogen) atoms. The van der Waals surface area contributed by atoms with Gasteiger partial charge in [0.05, 0.1) is 17.3 Å². The maximum Gasteiger partial charge on any atom is 0.176 e. The third kappa shape index (κ3) is 4.86. The highest BCUT2D eigenvalue weighted by Crippen LogP contribution is 2.26. The van der Waals surface area contributed by atoms with Gasteiger partial charge in [-0.05, 0) is 48.1 Å². The monoisotopic (exact) mass is 428 g/mol. The molecule has 1 heterocycles. The molecule has 134 valence electrons. The summed E-state index contributed by atoms with van der Waals surface area (Å²) in [6.07, 6.45) is 1.65. The van der Waals surface area contributed by atoms with E-state index in [1.165, 1.54) is 12.1 Å². The minimum Gasteiger partial charge on any atom is -0.331 e. The average Bonchev–Trinajstić information content (AvgIpc) is 2.92. The summed E-state index contributed by atoms with van der Waals surface area (Å²) in [6.45, 7) is 0.446. The van der Waals surface area contributed by atoms with Crippen molar-refractivity contribution in [2.24, 2.45) is 0 Å². The maximum absolute atomic E-state index is 13.0. The highest BCUT2D eigenvalue weighted by molar-refractivity contribution is 7.80. The zero-order valence-corrected chi connectivity index (χ0v) is 16.2. The zero-order chi connectivity index (χ0) is 18.7. The van der Waals surface area contributed by atoms with E-state index < -0.39 is 0 Å². The van der Waals surface area contributed by atoms with Gasteiger partial charge < -0.3 is 10.6 Å². The molecule has 0 aliphatic heterocycles. The molecule has 3 aromatic rings. The summed E-state index contributed by atoms with van der Waals surface area (Å²) < 4.78 is 14.6. The number of anilines is 2. The van der Waals surface area contributed by atoms with E-state index in [1.54, 1.807) is 41.2 Å². The topological polar surface area (TPSA) is 41.9 Å². The molecule has 0 radical (unpaired) electrons. The molecule has 0 amide bonds. The van der Waals surface area contributed by atoms with Crippen LogP contribution in [0.4, 0.5) is 15.9 Å². The van der Waals surface area contributed by atoms with Crippen molar-refractivity contribution in [3.63, 3.8) is 0 Å². The summed E-state index contributed by atoms with van der Waals surface area (Å²) in [5.41, 5.74) is 1.46. The molecule has 2 aromatic carbocycles. The first kappa shape index (κ1) is 18.9. The number of nitrogens with one attached hydrogen (secondary N) is 2. The minimum absolute atomic E-state index is 0.267. The van der Waals surface area contributed by atoms with Gasteiger partial charge in [0, 0.05) is 11.2 Å². The van der Waals surface area contributed by atoms with E-state index >= 15 is 0 Å². The molecule has 0 saturated heterocycles. The summed E-state index contributed by atoms with van der Waals surface area (Å²) in [5, 5.41) is 11.9. The SMILES string of the molecule is Fc1ccc(Cn2cc(Cl)c(NC(=S)Nc3cc(Cl)ccc3Cl)n2)cc1. The number of rotatable bonds is 4. The maximum atomic E-state index is 13.0. The highest BCUT2D eigenvalue weighted by atomic mass is 35.5. The summed E-state index contributed by atoms with van der Waals surface area (Å²) in [6, 6.07) is 11.2. The number of hydrogen-bond donors (Lipinski definition) is 2. The van der Waals surface area contributed by atoms with Crippen LogP contribution in [0.25, 0.3) is 0 Å². The molecule has 0 bridgehead atoms. The van der Waals surface area contributed by atoms with Crippen molar-refractivity contribution in [2.45, 2.75) is 6.54 Å². The fraction of sp³-hybridized carbons (Fsp3) is 0.0588. The van der Waals surface area contributed by atoms with Crippen molar-refractivity contribution < 1.29 is 4.39 Å². The molecule has 0 aliphatic carbocycles. The first-order chi connectivity index (χ1) is 12.4. The lowest BCUT2D eigenvalue weighted by atomic mass is 10.2. The van der Waals surface area contributed by atoms with Gasteiger partial charge in [-0.3, -0.25) is 4.68 Å². The lowest BCUT2D eigenvalue weighted by Crippen LogP contribution is -2.20. The molecule has 2 N–H and O–H groups in total. The average molecular weight is 430 g/mol. The van der Waals surface area contributed by atoms with Crippen molar-refractivity contribution in [1.82, 2.24) is 9.78 Å². The van der Waals surface area contributed by atoms with E-state index in [0.29, 0.717) is 33.1 Å². The second-order valence-corrected chi connectivity index (χ2v) is 7.01. The fourth-order valence-electron chi connectivity index (χ4n) is 2.19. The van der Waals surface area contributed by atoms with Gasteiger partial charge in [-0.1, -0.05) is 46.9 Å². The molecular weight excluding hydrogens is 418 g/mol. The zero-order valence-electron chi connectivity index (χ0n) is 13.1. The Kier molecular flexibility index (Phi) is 5.98. The second-order valence-electron chi connectivity index (χ2n) is 5.35. The lowest BCUT2D eigenvalue weighted by Gasteiger charge is -2.10. The Morgan fingerprint density at radius 3 is 2.50 bits per heavy atom. The predicted octanol–water partition coefficient (Wildman–Crippen LogP) is 5.84. The Balaban J connectivity index is 1.68. The molecule has 0 saturated carbocycles. The molecule has 0 spiro atoms. The van der Waals surface area contributed by atoms with Crippen LogP contribution in [0.15, 0.2) is 48.7 Å². The van der Waals surface area contributed by atoms with Crippen molar-refractivity contribution in [3.05, 3.63) is 75.1 Å². The summed E-state index contributed by atoms with van der Waals surface area (Å²) >= 11 is 23.5. The third-order valence-corrected chi connectivity index (χ3v) is 4.43. The van der Waals surface area contributed by atoms with E-state index in [1.807, 2.05) is 0 Å². The number of hydrogen-bond acceptors (Lipinski definition) is 2. The Morgan fingerprint density at radius 1 is 1.04 bits per heavy atom. The van der Waals surface area contributed by atoms with E-state index in [4.69, 9.17) is 47.0 Å². The van der Waals surface area contributed by atoms with E-state index in [0.717, 1.165) is 5.56 Å². The molecule has 0 aliphatic rings. The van der Waals surface area contributed by atoms with E-state index in [9.17, 15) is 4.39 Å². The minimum atomic E-state index is -0.286. The summed E-state index contributed by atoms with van der Waals surface area (Å²) in [5.74, 6) is 0.107. The largest absolute Gasteiger partial charge is 0.331 e. The third-order valence-electron chi connectivity index (χ3n) is 3.38. The van der Waals surface area contributed by atoms with Crippen molar-refractivity contribution >= 4 is 63.6 Å². The normalized spacial score (nSPS) is 10.6. The second kappa shape index (κ2) is 8.22. The number of thiocarbonyl (C=S) groups is 1. The summed E-state index contributed by atoms with van der Waals surface area (Å²) in [7, 11) is 0. The van der Waals surface area contributed by atoms with Crippen molar-refractivity contribution in [1.29, 1.82) is 0 Å². The number of halogens is 4. The Bertz CT molecular complexity index is 944. The lowest BCUT2D eigenvalue weighted by molar-refractivity contribution is 0.624. The van der Waals surface area contributed by atoms with Crippen LogP contribution in [0.2, 0.25) is 15.1 Å². The Labute approximate surface area is 169 Å². The molecule has 3 rings (SSSR count). The standard InChI is InChI=1S/C17H12Cl3FN4S/c18-11-3-6-13(19)15(7-11)22-17(26)23-16-14(20)9-25(24-16)8-10-1-4-12(21)5-2-10/h1-7,9H,8H2,(H2,22,23,24,26). The first-order valence-corrected chi connectivity index (χ1v) is 8.95. The Morgan fingerprint density at radius 2 is 1.77 bits per heavy atom. The van der Waals surface area contributed by atoms with Crippen LogP contribution in [-0.2, 0) is 6.54 Å². The number of benzene rings is 2. The van der Waals surface area contributed by atoms with Gasteiger partial charge in [0.2, 0.25) is 0 Å². The fourth-order valence-corrected chi connectivity index (χ4v) is 2.94. The Hall–Kier alpha value is -1.86. The predicted molar refractivity (Wildman–Crippen MR) is 109 cm³/mol. The number of aromatic nitrogens is 2. The van der Waals surface area contributed by atoms with Crippen molar-refractivity contribution in [2.75, 3.05) is 10.6 Å². The van der Waals surface area contributed by atoms with Gasteiger partial charge in [0.25, 0.3) is 0 Å². The highest BCUT2D eigenvalue weighted by Gasteiger charge is 2.10. The molecular formula is C17H12Cl3FN4S. The van der Waals surface area contributed by atoms with Crippen LogP contribution in [0.1, 0.15) is 5.56 Å². The molecule has 0 atom stereocenters. The van der Waals surface area contributed by atoms with Gasteiger partial charge in [-0.15, -0.1) is 0 Å². The molecule has 4 nitrogen and oxygen atoms in total. The van der Waals surface area contributed by atoms with E-state index in [-0.39, 0.29) is 10.9 Å². The van der Waals surface area contributed by atoms with Crippen LogP contribution in [-0.4, -0.2) is 14.9 Å². The van der Waals surface area contributed by atoms with Gasteiger partial charge >= 0.3 is 0 Å². The van der Waals surface area contributed by atoms with E-state index in [2.05, 4.69) is 15.7 Å². The van der Waals surface area contributed by atoms with Crippen LogP contribution in [0.3, 0.4) is 0 Å². The van der Waals surface area contributed by atoms with Crippen molar-refractivity contribution in [3.8, 4) is 0 Å². The van der Waals surface area contributed by atoms with Crippen LogP contribution in [0.5, 0.6) is 0 Å². The van der Waals surface area contributed by atoms with Gasteiger partial charge in [-0.2, -0.15) is 5.10 Å². The first-order valence-electron chi connectivity index (χ1n) is 7.41. The quantitative estimate of drug-likeness (QED) is 0.511. The molecule has 9 heteroatoms. The van der Waals surface area contributed by atoms with Gasteiger partial charge in [-0.25, -0.2) is 4.39 Å². The van der Waals surface area contributed by atoms with Gasteiger partial charge in [0.15, 0.2) is 10.9 Å². The smallest absolute Gasteiger partial charge is 0.176 e.